The molecule has 2 saturated carbocycles. The molecule has 0 heterocycles. The minimum Gasteiger partial charge on any atom is -0.461 e. The lowest BCUT2D eigenvalue weighted by molar-refractivity contribution is -0.217. The Balaban J connectivity index is 1.86. The molecule has 0 aromatic rings. The second-order valence-electron chi connectivity index (χ2n) is 12.0. The topological polar surface area (TPSA) is 134 Å². The number of aliphatic hydroxyl groups excluding tert-OH is 3. The van der Waals surface area contributed by atoms with Crippen molar-refractivity contribution in [2.75, 3.05) is 6.61 Å². The fourth-order valence-corrected chi connectivity index (χ4v) is 7.92. The van der Waals surface area contributed by atoms with Crippen molar-refractivity contribution in [3.8, 4) is 0 Å². The molecule has 202 valence electrons. The molecule has 4 rings (SSSR count). The van der Waals surface area contributed by atoms with Gasteiger partial charge in [-0.1, -0.05) is 46.8 Å². The van der Waals surface area contributed by atoms with Gasteiger partial charge in [0.2, 0.25) is 0 Å². The van der Waals surface area contributed by atoms with E-state index in [0.29, 0.717) is 24.8 Å². The van der Waals surface area contributed by atoms with Crippen LogP contribution in [-0.4, -0.2) is 68.5 Å². The summed E-state index contributed by atoms with van der Waals surface area (Å²) in [6, 6.07) is 0. The summed E-state index contributed by atoms with van der Waals surface area (Å²) in [5.41, 5.74) is -4.20. The van der Waals surface area contributed by atoms with Crippen LogP contribution in [0.15, 0.2) is 23.3 Å². The molecule has 0 radical (unpaired) electrons. The van der Waals surface area contributed by atoms with Gasteiger partial charge in [-0.25, -0.2) is 0 Å². The number of hydrogen-bond acceptors (Lipinski definition) is 8. The summed E-state index contributed by atoms with van der Waals surface area (Å²) in [5.74, 6) is -2.09. The van der Waals surface area contributed by atoms with E-state index in [1.807, 2.05) is 34.6 Å². The lowest BCUT2D eigenvalue weighted by Gasteiger charge is -2.51. The molecular weight excluding hydrogens is 464 g/mol. The maximum Gasteiger partial charge on any atom is 0.306 e. The second kappa shape index (κ2) is 8.93. The highest BCUT2D eigenvalue weighted by Crippen LogP contribution is 2.76. The molecule has 4 aliphatic rings. The number of aliphatic hydroxyl groups is 4. The lowest BCUT2D eigenvalue weighted by Crippen LogP contribution is -2.66. The van der Waals surface area contributed by atoms with Gasteiger partial charge in [0.15, 0.2) is 0 Å². The Morgan fingerprint density at radius 2 is 1.67 bits per heavy atom. The third-order valence-electron chi connectivity index (χ3n) is 9.74. The zero-order valence-electron chi connectivity index (χ0n) is 22.3. The predicted molar refractivity (Wildman–Crippen MR) is 131 cm³/mol. The average molecular weight is 507 g/mol. The SMILES string of the molecule is CCCC(=O)OCC1=C[C@@H]2C(O)[C@]3(C=C(C)[C@H](O)[C@@]3(O)[C@@H]1O)[C@H](C)C[C@]1(OC(=O)CCC)[C@H]2C1(C)C. The normalized spacial score (nSPS) is 44.3. The number of hydrogen-bond donors (Lipinski definition) is 4. The van der Waals surface area contributed by atoms with Gasteiger partial charge in [0.05, 0.1) is 11.5 Å². The van der Waals surface area contributed by atoms with Gasteiger partial charge in [-0.2, -0.15) is 0 Å². The highest BCUT2D eigenvalue weighted by molar-refractivity contribution is 5.71. The summed E-state index contributed by atoms with van der Waals surface area (Å²) < 4.78 is 11.6. The van der Waals surface area contributed by atoms with Crippen molar-refractivity contribution in [3.63, 3.8) is 0 Å². The van der Waals surface area contributed by atoms with Crippen molar-refractivity contribution in [1.82, 2.24) is 0 Å². The first-order chi connectivity index (χ1) is 16.8. The van der Waals surface area contributed by atoms with Gasteiger partial charge in [-0.05, 0) is 43.3 Å². The standard InChI is InChI=1S/C28H42O8/c1-7-9-19(29)35-14-17-11-18-21-25(5,6)27(21,36-20(30)10-8-2)13-16(4)26(24(18)33)12-15(3)22(31)28(26,34)23(17)32/h11-12,16,18,21-24,31-34H,7-10,13-14H2,1-6H3/t16-,18+,21-,22+,23-,24?,26+,27+,28-/m1/s1. The van der Waals surface area contributed by atoms with E-state index in [-0.39, 0.29) is 36.9 Å². The van der Waals surface area contributed by atoms with Crippen LogP contribution >= 0.6 is 0 Å². The Morgan fingerprint density at radius 1 is 1.06 bits per heavy atom. The van der Waals surface area contributed by atoms with E-state index in [9.17, 15) is 30.0 Å². The highest BCUT2D eigenvalue weighted by Gasteiger charge is 2.82. The molecule has 0 aromatic heterocycles. The molecule has 36 heavy (non-hydrogen) atoms. The van der Waals surface area contributed by atoms with Gasteiger partial charge < -0.3 is 29.9 Å². The van der Waals surface area contributed by atoms with Crippen LogP contribution in [-0.2, 0) is 19.1 Å². The molecule has 1 spiro atoms. The van der Waals surface area contributed by atoms with Crippen molar-refractivity contribution in [1.29, 1.82) is 0 Å². The van der Waals surface area contributed by atoms with E-state index < -0.39 is 58.1 Å². The molecule has 4 N–H and O–H groups in total. The Morgan fingerprint density at radius 3 is 2.28 bits per heavy atom. The van der Waals surface area contributed by atoms with Crippen LogP contribution in [0, 0.1) is 28.6 Å². The number of carbonyl (C=O) groups excluding carboxylic acids is 2. The Labute approximate surface area is 213 Å². The van der Waals surface area contributed by atoms with Crippen molar-refractivity contribution in [3.05, 3.63) is 23.3 Å². The van der Waals surface area contributed by atoms with E-state index in [1.165, 1.54) is 0 Å². The summed E-state index contributed by atoms with van der Waals surface area (Å²) in [4.78, 5) is 24.9. The summed E-state index contributed by atoms with van der Waals surface area (Å²) in [7, 11) is 0. The molecule has 0 saturated heterocycles. The van der Waals surface area contributed by atoms with Crippen LogP contribution in [0.2, 0.25) is 0 Å². The zero-order valence-corrected chi connectivity index (χ0v) is 22.3. The minimum absolute atomic E-state index is 0.218. The smallest absolute Gasteiger partial charge is 0.306 e. The van der Waals surface area contributed by atoms with Gasteiger partial charge in [-0.3, -0.25) is 9.59 Å². The van der Waals surface area contributed by atoms with E-state index in [0.717, 1.165) is 0 Å². The maximum atomic E-state index is 12.7. The first-order valence-electron chi connectivity index (χ1n) is 13.3. The average Bonchev–Trinajstić information content (AvgIpc) is 3.21. The third kappa shape index (κ3) is 3.40. The number of ether oxygens (including phenoxy) is 2. The Kier molecular flexibility index (Phi) is 6.77. The van der Waals surface area contributed by atoms with Gasteiger partial charge in [0.25, 0.3) is 0 Å². The minimum atomic E-state index is -2.15. The molecule has 8 nitrogen and oxygen atoms in total. The first kappa shape index (κ1) is 27.3. The van der Waals surface area contributed by atoms with Gasteiger partial charge in [0, 0.05) is 30.1 Å². The van der Waals surface area contributed by atoms with E-state index in [4.69, 9.17) is 9.47 Å². The number of fused-ring (bicyclic) bond motifs is 3. The third-order valence-corrected chi connectivity index (χ3v) is 9.74. The Bertz CT molecular complexity index is 984. The monoisotopic (exact) mass is 506 g/mol. The summed E-state index contributed by atoms with van der Waals surface area (Å²) >= 11 is 0. The number of esters is 2. The van der Waals surface area contributed by atoms with E-state index in [1.54, 1.807) is 19.1 Å². The predicted octanol–water partition coefficient (Wildman–Crippen LogP) is 2.42. The molecule has 8 heteroatoms. The summed E-state index contributed by atoms with van der Waals surface area (Å²) in [5, 5.41) is 47.0. The molecule has 4 aliphatic carbocycles. The van der Waals surface area contributed by atoms with Crippen LogP contribution in [0.4, 0.5) is 0 Å². The van der Waals surface area contributed by atoms with E-state index >= 15 is 0 Å². The molecule has 0 amide bonds. The fourth-order valence-electron chi connectivity index (χ4n) is 7.92. The second-order valence-corrected chi connectivity index (χ2v) is 12.0. The number of carbonyl (C=O) groups is 2. The maximum absolute atomic E-state index is 12.7. The fraction of sp³-hybridized carbons (Fsp3) is 0.786. The molecule has 0 aromatic carbocycles. The highest BCUT2D eigenvalue weighted by atomic mass is 16.6. The van der Waals surface area contributed by atoms with Crippen LogP contribution in [0.3, 0.4) is 0 Å². The first-order valence-corrected chi connectivity index (χ1v) is 13.3. The molecule has 2 fully saturated rings. The van der Waals surface area contributed by atoms with E-state index in [2.05, 4.69) is 0 Å². The van der Waals surface area contributed by atoms with Crippen molar-refractivity contribution < 1.29 is 39.5 Å². The molecule has 1 unspecified atom stereocenters. The van der Waals surface area contributed by atoms with Crippen LogP contribution < -0.4 is 0 Å². The van der Waals surface area contributed by atoms with Crippen LogP contribution in [0.5, 0.6) is 0 Å². The molecule has 2 bridgehead atoms. The summed E-state index contributed by atoms with van der Waals surface area (Å²) in [6.07, 6.45) is 1.35. The zero-order chi connectivity index (χ0) is 26.8. The number of rotatable bonds is 7. The van der Waals surface area contributed by atoms with Crippen LogP contribution in [0.25, 0.3) is 0 Å². The van der Waals surface area contributed by atoms with Gasteiger partial charge in [-0.15, -0.1) is 0 Å². The lowest BCUT2D eigenvalue weighted by atomic mass is 9.58. The van der Waals surface area contributed by atoms with Gasteiger partial charge >= 0.3 is 11.9 Å². The molecule has 9 atom stereocenters. The molecular formula is C28H42O8. The summed E-state index contributed by atoms with van der Waals surface area (Å²) in [6.45, 7) is 11.1. The Hall–Kier alpha value is -1.74. The van der Waals surface area contributed by atoms with Crippen molar-refractivity contribution >= 4 is 11.9 Å². The van der Waals surface area contributed by atoms with Crippen molar-refractivity contribution in [2.24, 2.45) is 28.6 Å². The van der Waals surface area contributed by atoms with Crippen molar-refractivity contribution in [2.45, 2.75) is 103 Å². The quantitative estimate of drug-likeness (QED) is 0.306. The van der Waals surface area contributed by atoms with Crippen LogP contribution in [0.1, 0.15) is 73.6 Å². The molecule has 0 aliphatic heterocycles. The largest absolute Gasteiger partial charge is 0.461 e. The van der Waals surface area contributed by atoms with Gasteiger partial charge in [0.1, 0.15) is 30.0 Å².